The molecule has 0 saturated heterocycles. The van der Waals surface area contributed by atoms with Crippen LogP contribution in [-0.2, 0) is 23.0 Å². The number of rotatable bonds is 8. The molecule has 1 fully saturated rings. The SMILES string of the molecule is NC(=O)c1c(Cl)nc(CC2CC2)n1Cc1ccc2oc(-c3ccccc3NS(=O)(=O)C(F)(F)F)c(Br)c2c1. The number of sulfonamides is 1. The fourth-order valence-corrected chi connectivity index (χ4v) is 5.63. The Labute approximate surface area is 228 Å². The van der Waals surface area contributed by atoms with E-state index < -0.39 is 21.4 Å². The van der Waals surface area contributed by atoms with E-state index in [0.717, 1.165) is 18.4 Å². The summed E-state index contributed by atoms with van der Waals surface area (Å²) in [7, 11) is -5.65. The molecule has 0 bridgehead atoms. The summed E-state index contributed by atoms with van der Waals surface area (Å²) in [6.45, 7) is 0.241. The number of hydrogen-bond donors (Lipinski definition) is 2. The number of nitrogens with one attached hydrogen (secondary N) is 1. The number of nitrogens with two attached hydrogens (primary N) is 1. The number of aromatic nitrogens is 2. The molecule has 0 radical (unpaired) electrons. The van der Waals surface area contributed by atoms with E-state index in [0.29, 0.717) is 33.6 Å². The van der Waals surface area contributed by atoms with Gasteiger partial charge in [-0.15, -0.1) is 0 Å². The van der Waals surface area contributed by atoms with Gasteiger partial charge in [0.2, 0.25) is 0 Å². The van der Waals surface area contributed by atoms with Crippen LogP contribution >= 0.6 is 27.5 Å². The quantitative estimate of drug-likeness (QED) is 0.245. The molecule has 1 aliphatic carbocycles. The van der Waals surface area contributed by atoms with Crippen LogP contribution in [0.4, 0.5) is 18.9 Å². The second kappa shape index (κ2) is 9.62. The van der Waals surface area contributed by atoms with Crippen LogP contribution in [-0.4, -0.2) is 29.4 Å². The molecule has 0 aliphatic heterocycles. The number of carbonyl (C=O) groups excluding carboxylic acids is 1. The molecule has 2 aromatic carbocycles. The summed E-state index contributed by atoms with van der Waals surface area (Å²) in [5, 5.41) is 0.625. The van der Waals surface area contributed by atoms with Crippen LogP contribution in [0, 0.1) is 5.92 Å². The zero-order chi connectivity index (χ0) is 27.4. The van der Waals surface area contributed by atoms with Gasteiger partial charge in [0.15, 0.2) is 10.9 Å². The monoisotopic (exact) mass is 630 g/mol. The van der Waals surface area contributed by atoms with Crippen molar-refractivity contribution in [2.45, 2.75) is 31.3 Å². The number of carbonyl (C=O) groups is 1. The lowest BCUT2D eigenvalue weighted by Gasteiger charge is -2.13. The van der Waals surface area contributed by atoms with Crippen molar-refractivity contribution in [1.82, 2.24) is 9.55 Å². The highest BCUT2D eigenvalue weighted by molar-refractivity contribution is 9.10. The first-order chi connectivity index (χ1) is 17.9. The van der Waals surface area contributed by atoms with Crippen LogP contribution in [0.1, 0.15) is 34.7 Å². The second-order valence-electron chi connectivity index (χ2n) is 8.94. The van der Waals surface area contributed by atoms with Crippen LogP contribution in [0.15, 0.2) is 51.4 Å². The van der Waals surface area contributed by atoms with Gasteiger partial charge in [-0.25, -0.2) is 4.98 Å². The van der Waals surface area contributed by atoms with Gasteiger partial charge in [-0.1, -0.05) is 29.8 Å². The number of para-hydroxylation sites is 1. The van der Waals surface area contributed by atoms with Gasteiger partial charge < -0.3 is 14.7 Å². The van der Waals surface area contributed by atoms with Crippen LogP contribution in [0.2, 0.25) is 5.15 Å². The van der Waals surface area contributed by atoms with E-state index in [2.05, 4.69) is 20.9 Å². The van der Waals surface area contributed by atoms with Crippen molar-refractivity contribution in [3.63, 3.8) is 0 Å². The summed E-state index contributed by atoms with van der Waals surface area (Å²) in [6.07, 6.45) is 2.82. The fourth-order valence-electron chi connectivity index (χ4n) is 4.15. The minimum absolute atomic E-state index is 0.0407. The standard InChI is InChI=1S/C24H19BrClF3N4O4S/c25-19-15-9-13(11-33-18(10-12-5-6-12)31-22(26)20(33)23(30)34)7-8-17(15)37-21(19)14-3-1-2-4-16(14)32-38(35,36)24(27,28)29/h1-4,7-9,12,32H,5-6,10-11H2,(H2,30,34). The van der Waals surface area contributed by atoms with E-state index in [1.165, 1.54) is 18.2 Å². The highest BCUT2D eigenvalue weighted by atomic mass is 79.9. The van der Waals surface area contributed by atoms with Gasteiger partial charge in [-0.2, -0.15) is 21.6 Å². The highest BCUT2D eigenvalue weighted by Crippen LogP contribution is 2.42. The molecule has 1 amide bonds. The first kappa shape index (κ1) is 26.6. The Morgan fingerprint density at radius 2 is 1.95 bits per heavy atom. The van der Waals surface area contributed by atoms with Crippen LogP contribution in [0.3, 0.4) is 0 Å². The predicted molar refractivity (Wildman–Crippen MR) is 139 cm³/mol. The second-order valence-corrected chi connectivity index (χ2v) is 11.8. The molecule has 14 heteroatoms. The van der Waals surface area contributed by atoms with Crippen molar-refractivity contribution in [2.75, 3.05) is 4.72 Å². The number of furan rings is 1. The molecule has 3 N–H and O–H groups in total. The molecular weight excluding hydrogens is 613 g/mol. The molecule has 4 aromatic rings. The van der Waals surface area contributed by atoms with E-state index in [1.54, 1.807) is 33.6 Å². The maximum atomic E-state index is 13.0. The van der Waals surface area contributed by atoms with Crippen LogP contribution in [0.5, 0.6) is 0 Å². The summed E-state index contributed by atoms with van der Waals surface area (Å²) in [5.74, 6) is 0.575. The lowest BCUT2D eigenvalue weighted by atomic mass is 10.1. The van der Waals surface area contributed by atoms with Crippen molar-refractivity contribution in [3.8, 4) is 11.3 Å². The van der Waals surface area contributed by atoms with E-state index in [9.17, 15) is 26.4 Å². The third kappa shape index (κ3) is 5.02. The number of imidazole rings is 1. The number of anilines is 1. The van der Waals surface area contributed by atoms with E-state index in [4.69, 9.17) is 21.8 Å². The zero-order valence-corrected chi connectivity index (χ0v) is 22.5. The van der Waals surface area contributed by atoms with Crippen LogP contribution < -0.4 is 10.5 Å². The van der Waals surface area contributed by atoms with E-state index >= 15 is 0 Å². The maximum absolute atomic E-state index is 13.0. The molecule has 0 spiro atoms. The Morgan fingerprint density at radius 3 is 2.61 bits per heavy atom. The molecular formula is C24H19BrClF3N4O4S. The summed E-state index contributed by atoms with van der Waals surface area (Å²) in [4.78, 5) is 16.5. The molecule has 5 rings (SSSR count). The lowest BCUT2D eigenvalue weighted by Crippen LogP contribution is -2.30. The molecule has 38 heavy (non-hydrogen) atoms. The van der Waals surface area contributed by atoms with Gasteiger partial charge >= 0.3 is 15.5 Å². The van der Waals surface area contributed by atoms with Gasteiger partial charge in [0.1, 0.15) is 17.1 Å². The van der Waals surface area contributed by atoms with Crippen molar-refractivity contribution in [1.29, 1.82) is 0 Å². The van der Waals surface area contributed by atoms with Gasteiger partial charge in [0.25, 0.3) is 5.91 Å². The average molecular weight is 632 g/mol. The predicted octanol–water partition coefficient (Wildman–Crippen LogP) is 6.07. The van der Waals surface area contributed by atoms with E-state index in [1.807, 2.05) is 0 Å². The molecule has 2 aromatic heterocycles. The largest absolute Gasteiger partial charge is 0.516 e. The van der Waals surface area contributed by atoms with E-state index in [-0.39, 0.29) is 34.4 Å². The van der Waals surface area contributed by atoms with Crippen molar-refractivity contribution in [2.24, 2.45) is 11.7 Å². The zero-order valence-electron chi connectivity index (χ0n) is 19.4. The molecule has 0 unspecified atom stereocenters. The first-order valence-corrected chi connectivity index (χ1v) is 13.9. The number of primary amides is 1. The highest BCUT2D eigenvalue weighted by Gasteiger charge is 2.46. The lowest BCUT2D eigenvalue weighted by molar-refractivity contribution is -0.0429. The Morgan fingerprint density at radius 1 is 1.24 bits per heavy atom. The van der Waals surface area contributed by atoms with Gasteiger partial charge in [0, 0.05) is 23.9 Å². The molecule has 1 aliphatic rings. The normalized spacial score (nSPS) is 14.2. The topological polar surface area (TPSA) is 120 Å². The van der Waals surface area contributed by atoms with Crippen LogP contribution in [0.25, 0.3) is 22.3 Å². The van der Waals surface area contributed by atoms with Gasteiger partial charge in [0.05, 0.1) is 10.2 Å². The minimum Gasteiger partial charge on any atom is -0.455 e. The maximum Gasteiger partial charge on any atom is 0.516 e. The summed E-state index contributed by atoms with van der Waals surface area (Å²) < 4.78 is 72.0. The summed E-state index contributed by atoms with van der Waals surface area (Å²) in [5.41, 5.74) is 1.16. The first-order valence-electron chi connectivity index (χ1n) is 11.3. The number of alkyl halides is 3. The molecule has 1 saturated carbocycles. The number of amides is 1. The van der Waals surface area contributed by atoms with Gasteiger partial charge in [-0.3, -0.25) is 9.52 Å². The fraction of sp³-hybridized carbons (Fsp3) is 0.250. The molecule has 0 atom stereocenters. The minimum atomic E-state index is -5.65. The number of halogens is 5. The third-order valence-electron chi connectivity index (χ3n) is 6.16. The molecule has 2 heterocycles. The van der Waals surface area contributed by atoms with Crippen molar-refractivity contribution in [3.05, 3.63) is 69.2 Å². The number of hydrogen-bond acceptors (Lipinski definition) is 5. The third-order valence-corrected chi connectivity index (χ3v) is 8.31. The Kier molecular flexibility index (Phi) is 6.72. The average Bonchev–Trinajstić information content (AvgIpc) is 3.52. The number of nitrogens with zero attached hydrogens (tertiary/aromatic N) is 2. The Balaban J connectivity index is 1.53. The number of fused-ring (bicyclic) bond motifs is 1. The number of benzene rings is 2. The Bertz CT molecular complexity index is 1680. The molecule has 200 valence electrons. The summed E-state index contributed by atoms with van der Waals surface area (Å²) in [6, 6.07) is 10.8. The smallest absolute Gasteiger partial charge is 0.455 e. The summed E-state index contributed by atoms with van der Waals surface area (Å²) >= 11 is 9.67. The molecule has 8 nitrogen and oxygen atoms in total. The van der Waals surface area contributed by atoms with Crippen molar-refractivity contribution < 1.29 is 30.8 Å². The van der Waals surface area contributed by atoms with Crippen molar-refractivity contribution >= 4 is 60.1 Å². The Hall–Kier alpha value is -3.03. The van der Waals surface area contributed by atoms with Gasteiger partial charge in [-0.05, 0) is 64.5 Å².